The number of piperidine rings is 1. The summed E-state index contributed by atoms with van der Waals surface area (Å²) in [6.07, 6.45) is 9.15. The van der Waals surface area contributed by atoms with Crippen LogP contribution in [0.2, 0.25) is 0 Å². The molecule has 1 aromatic heterocycles. The Hall–Kier alpha value is -0.940. The van der Waals surface area contributed by atoms with Crippen molar-refractivity contribution in [2.75, 3.05) is 0 Å². The third kappa shape index (κ3) is 3.29. The van der Waals surface area contributed by atoms with Crippen LogP contribution in [0.5, 0.6) is 0 Å². The van der Waals surface area contributed by atoms with Gasteiger partial charge in [-0.25, -0.2) is 4.98 Å². The Morgan fingerprint density at radius 2 is 2.14 bits per heavy atom. The summed E-state index contributed by atoms with van der Waals surface area (Å²) in [4.78, 5) is 16.9. The molecule has 3 rings (SSSR count). The minimum Gasteiger partial charge on any atom is -0.343 e. The lowest BCUT2D eigenvalue weighted by Gasteiger charge is -2.40. The van der Waals surface area contributed by atoms with Crippen molar-refractivity contribution < 1.29 is 4.79 Å². The van der Waals surface area contributed by atoms with Crippen molar-refractivity contribution in [3.8, 4) is 0 Å². The zero-order chi connectivity index (χ0) is 14.9. The first kappa shape index (κ1) is 15.0. The van der Waals surface area contributed by atoms with Gasteiger partial charge in [0.25, 0.3) is 0 Å². The first-order valence-corrected chi connectivity index (χ1v) is 8.92. The molecule has 1 saturated carbocycles. The SMILES string of the molecule is CC(C)(NC(=O)C1CCC2CCCCC2N1)c1nccs1. The quantitative estimate of drug-likeness (QED) is 0.903. The second-order valence-electron chi connectivity index (χ2n) is 6.90. The van der Waals surface area contributed by atoms with Gasteiger partial charge in [0.15, 0.2) is 0 Å². The van der Waals surface area contributed by atoms with Crippen molar-refractivity contribution in [1.82, 2.24) is 15.6 Å². The average Bonchev–Trinajstić information content (AvgIpc) is 3.01. The molecule has 2 aliphatic rings. The molecule has 1 amide bonds. The minimum absolute atomic E-state index is 0.0383. The number of nitrogens with zero attached hydrogens (tertiary/aromatic N) is 1. The van der Waals surface area contributed by atoms with Crippen LogP contribution in [-0.4, -0.2) is 23.0 Å². The highest BCUT2D eigenvalue weighted by Gasteiger charge is 2.36. The standard InChI is InChI=1S/C16H25N3OS/c1-16(2,15-17-9-10-21-15)19-14(20)13-8-7-11-5-3-4-6-12(11)18-13/h9-13,18H,3-8H2,1-2H3,(H,19,20). The Kier molecular flexibility index (Phi) is 4.31. The van der Waals surface area contributed by atoms with Crippen LogP contribution in [0.15, 0.2) is 11.6 Å². The van der Waals surface area contributed by atoms with E-state index in [-0.39, 0.29) is 11.9 Å². The second kappa shape index (κ2) is 6.05. The van der Waals surface area contributed by atoms with Gasteiger partial charge in [-0.05, 0) is 45.4 Å². The molecule has 2 N–H and O–H groups in total. The third-order valence-electron chi connectivity index (χ3n) is 4.87. The summed E-state index contributed by atoms with van der Waals surface area (Å²) in [5.74, 6) is 0.911. The van der Waals surface area contributed by atoms with E-state index in [0.717, 1.165) is 17.3 Å². The van der Waals surface area contributed by atoms with Crippen LogP contribution in [0.25, 0.3) is 0 Å². The summed E-state index contributed by atoms with van der Waals surface area (Å²) in [6.45, 7) is 4.05. The normalized spacial score (nSPS) is 29.7. The lowest BCUT2D eigenvalue weighted by atomic mass is 9.77. The monoisotopic (exact) mass is 307 g/mol. The summed E-state index contributed by atoms with van der Waals surface area (Å²) in [5.41, 5.74) is -0.393. The highest BCUT2D eigenvalue weighted by atomic mass is 32.1. The molecule has 21 heavy (non-hydrogen) atoms. The van der Waals surface area contributed by atoms with E-state index >= 15 is 0 Å². The van der Waals surface area contributed by atoms with Crippen molar-refractivity contribution in [3.63, 3.8) is 0 Å². The molecule has 0 bridgehead atoms. The van der Waals surface area contributed by atoms with Gasteiger partial charge in [0.2, 0.25) is 5.91 Å². The number of amides is 1. The smallest absolute Gasteiger partial charge is 0.237 e. The maximum absolute atomic E-state index is 12.6. The van der Waals surface area contributed by atoms with Crippen LogP contribution >= 0.6 is 11.3 Å². The molecule has 4 nitrogen and oxygen atoms in total. The van der Waals surface area contributed by atoms with E-state index in [9.17, 15) is 4.79 Å². The van der Waals surface area contributed by atoms with Crippen LogP contribution in [0.4, 0.5) is 0 Å². The predicted molar refractivity (Wildman–Crippen MR) is 85.2 cm³/mol. The fourth-order valence-corrected chi connectivity index (χ4v) is 4.40. The van der Waals surface area contributed by atoms with Crippen LogP contribution in [0, 0.1) is 5.92 Å². The Morgan fingerprint density at radius 3 is 2.90 bits per heavy atom. The number of rotatable bonds is 3. The Morgan fingerprint density at radius 1 is 1.33 bits per heavy atom. The van der Waals surface area contributed by atoms with E-state index in [1.165, 1.54) is 32.1 Å². The van der Waals surface area contributed by atoms with E-state index < -0.39 is 5.54 Å². The number of nitrogens with one attached hydrogen (secondary N) is 2. The van der Waals surface area contributed by atoms with Gasteiger partial charge in [-0.15, -0.1) is 11.3 Å². The van der Waals surface area contributed by atoms with E-state index in [1.54, 1.807) is 17.5 Å². The summed E-state index contributed by atoms with van der Waals surface area (Å²) in [7, 11) is 0. The predicted octanol–water partition coefficient (Wildman–Crippen LogP) is 2.81. The third-order valence-corrected chi connectivity index (χ3v) is 5.97. The van der Waals surface area contributed by atoms with Crippen molar-refractivity contribution >= 4 is 17.2 Å². The fourth-order valence-electron chi connectivity index (χ4n) is 3.68. The van der Waals surface area contributed by atoms with Crippen LogP contribution in [0.3, 0.4) is 0 Å². The molecule has 116 valence electrons. The molecule has 1 aliphatic heterocycles. The Labute approximate surface area is 130 Å². The van der Waals surface area contributed by atoms with Crippen LogP contribution in [-0.2, 0) is 10.3 Å². The number of carbonyl (C=O) groups is 1. The summed E-state index contributed by atoms with van der Waals surface area (Å²) < 4.78 is 0. The first-order valence-electron chi connectivity index (χ1n) is 8.04. The average molecular weight is 307 g/mol. The van der Waals surface area contributed by atoms with Gasteiger partial charge in [-0.3, -0.25) is 4.79 Å². The molecule has 2 fully saturated rings. The van der Waals surface area contributed by atoms with Crippen molar-refractivity contribution in [1.29, 1.82) is 0 Å². The van der Waals surface area contributed by atoms with Crippen molar-refractivity contribution in [2.24, 2.45) is 5.92 Å². The van der Waals surface area contributed by atoms with Gasteiger partial charge in [0.1, 0.15) is 5.01 Å². The lowest BCUT2D eigenvalue weighted by Crippen LogP contribution is -2.57. The number of hydrogen-bond donors (Lipinski definition) is 2. The van der Waals surface area contributed by atoms with Crippen LogP contribution < -0.4 is 10.6 Å². The van der Waals surface area contributed by atoms with Crippen LogP contribution in [0.1, 0.15) is 57.4 Å². The van der Waals surface area contributed by atoms with Gasteiger partial charge in [0, 0.05) is 17.6 Å². The molecule has 1 aromatic rings. The van der Waals surface area contributed by atoms with Crippen molar-refractivity contribution in [2.45, 2.75) is 70.0 Å². The molecule has 3 atom stereocenters. The summed E-state index contributed by atoms with van der Waals surface area (Å²) >= 11 is 1.59. The fraction of sp³-hybridized carbons (Fsp3) is 0.750. The van der Waals surface area contributed by atoms with E-state index in [1.807, 2.05) is 19.2 Å². The first-order chi connectivity index (χ1) is 10.1. The van der Waals surface area contributed by atoms with E-state index in [2.05, 4.69) is 15.6 Å². The molecule has 1 aliphatic carbocycles. The number of aromatic nitrogens is 1. The molecule has 3 unspecified atom stereocenters. The lowest BCUT2D eigenvalue weighted by molar-refractivity contribution is -0.126. The Balaban J connectivity index is 1.61. The minimum atomic E-state index is -0.393. The number of thiazole rings is 1. The number of hydrogen-bond acceptors (Lipinski definition) is 4. The maximum Gasteiger partial charge on any atom is 0.237 e. The largest absolute Gasteiger partial charge is 0.343 e. The molecule has 1 saturated heterocycles. The maximum atomic E-state index is 12.6. The molecule has 0 spiro atoms. The van der Waals surface area contributed by atoms with Gasteiger partial charge in [-0.1, -0.05) is 12.8 Å². The molecule has 0 radical (unpaired) electrons. The summed E-state index contributed by atoms with van der Waals surface area (Å²) in [5, 5.41) is 9.68. The van der Waals surface area contributed by atoms with Gasteiger partial charge in [0.05, 0.1) is 11.6 Å². The van der Waals surface area contributed by atoms with Gasteiger partial charge < -0.3 is 10.6 Å². The molecular formula is C16H25N3OS. The highest BCUT2D eigenvalue weighted by molar-refractivity contribution is 7.09. The van der Waals surface area contributed by atoms with E-state index in [0.29, 0.717) is 6.04 Å². The molecule has 5 heteroatoms. The van der Waals surface area contributed by atoms with Crippen molar-refractivity contribution in [3.05, 3.63) is 16.6 Å². The van der Waals surface area contributed by atoms with Gasteiger partial charge >= 0.3 is 0 Å². The van der Waals surface area contributed by atoms with E-state index in [4.69, 9.17) is 0 Å². The Bertz CT molecular complexity index is 486. The molecular weight excluding hydrogens is 282 g/mol. The zero-order valence-corrected chi connectivity index (χ0v) is 13.7. The second-order valence-corrected chi connectivity index (χ2v) is 7.79. The molecule has 2 heterocycles. The number of carbonyl (C=O) groups excluding carboxylic acids is 1. The van der Waals surface area contributed by atoms with Gasteiger partial charge in [-0.2, -0.15) is 0 Å². The zero-order valence-electron chi connectivity index (χ0n) is 12.9. The number of fused-ring (bicyclic) bond motifs is 1. The topological polar surface area (TPSA) is 54.0 Å². The summed E-state index contributed by atoms with van der Waals surface area (Å²) in [6, 6.07) is 0.509. The highest BCUT2D eigenvalue weighted by Crippen LogP contribution is 2.32. The molecule has 0 aromatic carbocycles.